The fourth-order valence-electron chi connectivity index (χ4n) is 2.79. The molecule has 132 valence electrons. The molecule has 2 amide bonds. The number of benzene rings is 2. The molecule has 2 aromatic carbocycles. The van der Waals surface area contributed by atoms with Crippen molar-refractivity contribution in [2.24, 2.45) is 0 Å². The highest BCUT2D eigenvalue weighted by molar-refractivity contribution is 6.01. The topological polar surface area (TPSA) is 49.4 Å². The number of hydrogen-bond donors (Lipinski definition) is 1. The second-order valence-corrected chi connectivity index (χ2v) is 6.78. The minimum atomic E-state index is -0.216. The number of anilines is 2. The average molecular weight is 338 g/mol. The Morgan fingerprint density at radius 2 is 1.56 bits per heavy atom. The first-order valence-corrected chi connectivity index (χ1v) is 8.52. The van der Waals surface area contributed by atoms with Gasteiger partial charge >= 0.3 is 0 Å². The summed E-state index contributed by atoms with van der Waals surface area (Å²) in [5, 5.41) is 2.86. The Labute approximate surface area is 149 Å². The summed E-state index contributed by atoms with van der Waals surface area (Å²) in [6, 6.07) is 13.7. The highest BCUT2D eigenvalue weighted by atomic mass is 16.2. The molecule has 0 fully saturated rings. The minimum absolute atomic E-state index is 0.00976. The van der Waals surface area contributed by atoms with Gasteiger partial charge in [0.05, 0.1) is 0 Å². The van der Waals surface area contributed by atoms with Gasteiger partial charge in [-0.05, 0) is 60.7 Å². The van der Waals surface area contributed by atoms with Crippen molar-refractivity contribution >= 4 is 23.2 Å². The van der Waals surface area contributed by atoms with Gasteiger partial charge in [0.1, 0.15) is 6.54 Å². The van der Waals surface area contributed by atoms with Crippen LogP contribution in [0.2, 0.25) is 0 Å². The number of nitrogens with zero attached hydrogens (tertiary/aromatic N) is 1. The van der Waals surface area contributed by atoms with Gasteiger partial charge in [0.25, 0.3) is 0 Å². The Bertz CT molecular complexity index is 744. The normalized spacial score (nSPS) is 10.6. The summed E-state index contributed by atoms with van der Waals surface area (Å²) in [6.07, 6.45) is 0. The van der Waals surface area contributed by atoms with Crippen molar-refractivity contribution in [3.63, 3.8) is 0 Å². The summed E-state index contributed by atoms with van der Waals surface area (Å²) in [7, 11) is 0. The van der Waals surface area contributed by atoms with Gasteiger partial charge in [-0.3, -0.25) is 9.59 Å². The third-order valence-corrected chi connectivity index (χ3v) is 4.06. The Morgan fingerprint density at radius 3 is 2.04 bits per heavy atom. The van der Waals surface area contributed by atoms with Crippen molar-refractivity contribution in [1.82, 2.24) is 0 Å². The van der Waals surface area contributed by atoms with Crippen LogP contribution >= 0.6 is 0 Å². The van der Waals surface area contributed by atoms with Crippen molar-refractivity contribution in [3.8, 4) is 0 Å². The molecule has 25 heavy (non-hydrogen) atoms. The van der Waals surface area contributed by atoms with E-state index in [4.69, 9.17) is 0 Å². The van der Waals surface area contributed by atoms with E-state index in [0.717, 1.165) is 22.5 Å². The van der Waals surface area contributed by atoms with Crippen LogP contribution in [-0.2, 0) is 9.59 Å². The van der Waals surface area contributed by atoms with E-state index in [-0.39, 0.29) is 18.4 Å². The number of carbonyl (C=O) groups is 2. The second kappa shape index (κ2) is 7.97. The maximum Gasteiger partial charge on any atom is 0.244 e. The summed E-state index contributed by atoms with van der Waals surface area (Å²) < 4.78 is 0. The number of aryl methyl sites for hydroxylation is 2. The largest absolute Gasteiger partial charge is 0.325 e. The van der Waals surface area contributed by atoms with Crippen molar-refractivity contribution in [1.29, 1.82) is 0 Å². The van der Waals surface area contributed by atoms with Crippen LogP contribution in [0.3, 0.4) is 0 Å². The standard InChI is InChI=1S/C21H26N2O2/c1-14(2)18-6-8-19(9-7-18)22-21(25)13-23(17(5)24)20-11-15(3)10-16(4)12-20/h6-12,14H,13H2,1-5H3,(H,22,25). The van der Waals surface area contributed by atoms with Crippen LogP contribution in [0, 0.1) is 13.8 Å². The maximum absolute atomic E-state index is 12.4. The summed E-state index contributed by atoms with van der Waals surface area (Å²) >= 11 is 0. The fourth-order valence-corrected chi connectivity index (χ4v) is 2.79. The van der Waals surface area contributed by atoms with Crippen LogP contribution < -0.4 is 10.2 Å². The molecule has 0 aromatic heterocycles. The zero-order valence-electron chi connectivity index (χ0n) is 15.6. The monoisotopic (exact) mass is 338 g/mol. The van der Waals surface area contributed by atoms with E-state index >= 15 is 0 Å². The van der Waals surface area contributed by atoms with Gasteiger partial charge in [0, 0.05) is 18.3 Å². The lowest BCUT2D eigenvalue weighted by molar-refractivity contribution is -0.120. The van der Waals surface area contributed by atoms with E-state index in [1.165, 1.54) is 17.4 Å². The molecule has 0 aliphatic carbocycles. The van der Waals surface area contributed by atoms with Gasteiger partial charge in [-0.1, -0.05) is 32.0 Å². The first kappa shape index (κ1) is 18.7. The molecule has 2 rings (SSSR count). The van der Waals surface area contributed by atoms with E-state index in [1.807, 2.05) is 56.3 Å². The first-order chi connectivity index (χ1) is 11.8. The second-order valence-electron chi connectivity index (χ2n) is 6.78. The molecule has 0 saturated carbocycles. The van der Waals surface area contributed by atoms with E-state index in [9.17, 15) is 9.59 Å². The molecule has 0 heterocycles. The number of hydrogen-bond acceptors (Lipinski definition) is 2. The van der Waals surface area contributed by atoms with Crippen LogP contribution in [0.5, 0.6) is 0 Å². The summed E-state index contributed by atoms with van der Waals surface area (Å²) in [4.78, 5) is 25.9. The van der Waals surface area contributed by atoms with E-state index in [2.05, 4.69) is 19.2 Å². The zero-order valence-corrected chi connectivity index (χ0v) is 15.6. The Kier molecular flexibility index (Phi) is 5.97. The molecule has 0 aliphatic rings. The zero-order chi connectivity index (χ0) is 18.6. The molecule has 0 spiro atoms. The predicted molar refractivity (Wildman–Crippen MR) is 103 cm³/mol. The highest BCUT2D eigenvalue weighted by Crippen LogP contribution is 2.20. The highest BCUT2D eigenvalue weighted by Gasteiger charge is 2.16. The summed E-state index contributed by atoms with van der Waals surface area (Å²) in [6.45, 7) is 9.67. The third-order valence-electron chi connectivity index (χ3n) is 4.06. The van der Waals surface area contributed by atoms with Crippen molar-refractivity contribution in [2.75, 3.05) is 16.8 Å². The fraction of sp³-hybridized carbons (Fsp3) is 0.333. The number of amides is 2. The van der Waals surface area contributed by atoms with E-state index in [0.29, 0.717) is 5.92 Å². The quantitative estimate of drug-likeness (QED) is 0.877. The molecular weight excluding hydrogens is 312 g/mol. The van der Waals surface area contributed by atoms with E-state index in [1.54, 1.807) is 0 Å². The molecule has 0 saturated heterocycles. The van der Waals surface area contributed by atoms with Crippen LogP contribution in [0.4, 0.5) is 11.4 Å². The molecule has 1 N–H and O–H groups in total. The maximum atomic E-state index is 12.4. The van der Waals surface area contributed by atoms with Crippen molar-refractivity contribution < 1.29 is 9.59 Å². The minimum Gasteiger partial charge on any atom is -0.325 e. The third kappa shape index (κ3) is 5.18. The molecule has 0 unspecified atom stereocenters. The summed E-state index contributed by atoms with van der Waals surface area (Å²) in [5.74, 6) is 0.0736. The van der Waals surface area contributed by atoms with Crippen molar-refractivity contribution in [3.05, 3.63) is 59.2 Å². The molecule has 4 heteroatoms. The molecule has 4 nitrogen and oxygen atoms in total. The molecule has 0 aliphatic heterocycles. The lowest BCUT2D eigenvalue weighted by Crippen LogP contribution is -2.36. The smallest absolute Gasteiger partial charge is 0.244 e. The van der Waals surface area contributed by atoms with Crippen LogP contribution in [0.25, 0.3) is 0 Å². The van der Waals surface area contributed by atoms with Gasteiger partial charge in [-0.2, -0.15) is 0 Å². The Hall–Kier alpha value is -2.62. The van der Waals surface area contributed by atoms with Crippen molar-refractivity contribution in [2.45, 2.75) is 40.5 Å². The summed E-state index contributed by atoms with van der Waals surface area (Å²) in [5.41, 5.74) is 4.82. The average Bonchev–Trinajstić information content (AvgIpc) is 2.51. The van der Waals surface area contributed by atoms with Crippen LogP contribution in [-0.4, -0.2) is 18.4 Å². The molecular formula is C21H26N2O2. The molecule has 0 atom stereocenters. The lowest BCUT2D eigenvalue weighted by atomic mass is 10.0. The van der Waals surface area contributed by atoms with E-state index < -0.39 is 0 Å². The SMILES string of the molecule is CC(=O)N(CC(=O)Nc1ccc(C(C)C)cc1)c1cc(C)cc(C)c1. The van der Waals surface area contributed by atoms with Crippen LogP contribution in [0.15, 0.2) is 42.5 Å². The molecule has 0 radical (unpaired) electrons. The number of nitrogens with one attached hydrogen (secondary N) is 1. The molecule has 2 aromatic rings. The Morgan fingerprint density at radius 1 is 1.00 bits per heavy atom. The van der Waals surface area contributed by atoms with Gasteiger partial charge in [0.15, 0.2) is 0 Å². The van der Waals surface area contributed by atoms with Gasteiger partial charge in [-0.25, -0.2) is 0 Å². The first-order valence-electron chi connectivity index (χ1n) is 8.52. The molecule has 0 bridgehead atoms. The Balaban J connectivity index is 2.11. The van der Waals surface area contributed by atoms with Crippen LogP contribution in [0.1, 0.15) is 43.4 Å². The van der Waals surface area contributed by atoms with Gasteiger partial charge in [-0.15, -0.1) is 0 Å². The lowest BCUT2D eigenvalue weighted by Gasteiger charge is -2.22. The number of carbonyl (C=O) groups excluding carboxylic acids is 2. The number of rotatable bonds is 5. The predicted octanol–water partition coefficient (Wildman–Crippen LogP) is 4.42. The van der Waals surface area contributed by atoms with Gasteiger partial charge < -0.3 is 10.2 Å². The van der Waals surface area contributed by atoms with Gasteiger partial charge in [0.2, 0.25) is 11.8 Å².